The molecule has 1 aliphatic rings. The summed E-state index contributed by atoms with van der Waals surface area (Å²) in [5.74, 6) is 1.81. The van der Waals surface area contributed by atoms with Gasteiger partial charge in [0.1, 0.15) is 5.69 Å². The lowest BCUT2D eigenvalue weighted by molar-refractivity contribution is -0.383. The van der Waals surface area contributed by atoms with Crippen molar-refractivity contribution in [1.82, 2.24) is 5.32 Å². The van der Waals surface area contributed by atoms with E-state index in [1.165, 1.54) is 18.2 Å². The van der Waals surface area contributed by atoms with Crippen LogP contribution in [0.2, 0.25) is 0 Å². The van der Waals surface area contributed by atoms with Crippen molar-refractivity contribution in [3.8, 4) is 0 Å². The number of nitrogens with zero attached hydrogens (tertiary/aromatic N) is 1. The molecule has 2 rings (SSSR count). The van der Waals surface area contributed by atoms with Gasteiger partial charge in [-0.15, -0.1) is 0 Å². The van der Waals surface area contributed by atoms with Crippen molar-refractivity contribution in [2.24, 2.45) is 0 Å². The van der Waals surface area contributed by atoms with E-state index in [1.807, 2.05) is 11.8 Å². The van der Waals surface area contributed by atoms with Crippen LogP contribution in [-0.4, -0.2) is 35.4 Å². The molecule has 6 nitrogen and oxygen atoms in total. The third kappa shape index (κ3) is 3.17. The highest BCUT2D eigenvalue weighted by atomic mass is 32.2. The number of nitro benzene ring substituents is 1. The normalized spacial score (nSPS) is 18.1. The fourth-order valence-corrected chi connectivity index (χ4v) is 3.11. The number of carbonyl (C=O) groups excluding carboxylic acids is 1. The highest BCUT2D eigenvalue weighted by Crippen LogP contribution is 2.25. The van der Waals surface area contributed by atoms with Gasteiger partial charge in [-0.25, -0.2) is 0 Å². The molecule has 0 aromatic heterocycles. The van der Waals surface area contributed by atoms with Gasteiger partial charge >= 0.3 is 0 Å². The fourth-order valence-electron chi connectivity index (χ4n) is 1.95. The van der Waals surface area contributed by atoms with Crippen molar-refractivity contribution in [2.75, 3.05) is 23.9 Å². The van der Waals surface area contributed by atoms with E-state index in [9.17, 15) is 14.9 Å². The standard InChI is InChI=1S/C12H15N3O3S/c1-13-10-6-8(2-3-11(10)15(17)18)12(16)14-9-4-5-19-7-9/h2-3,6,9,13H,4-5,7H2,1H3,(H,14,16). The summed E-state index contributed by atoms with van der Waals surface area (Å²) in [6.45, 7) is 0. The first-order valence-electron chi connectivity index (χ1n) is 5.96. The number of anilines is 1. The molecule has 0 radical (unpaired) electrons. The van der Waals surface area contributed by atoms with Gasteiger partial charge in [0.15, 0.2) is 0 Å². The van der Waals surface area contributed by atoms with E-state index in [4.69, 9.17) is 0 Å². The van der Waals surface area contributed by atoms with Crippen LogP contribution in [0.25, 0.3) is 0 Å². The summed E-state index contributed by atoms with van der Waals surface area (Å²) in [5.41, 5.74) is 0.751. The van der Waals surface area contributed by atoms with Gasteiger partial charge in [-0.2, -0.15) is 11.8 Å². The lowest BCUT2D eigenvalue weighted by Crippen LogP contribution is -2.34. The largest absolute Gasteiger partial charge is 0.383 e. The van der Waals surface area contributed by atoms with Crippen molar-refractivity contribution in [3.63, 3.8) is 0 Å². The zero-order valence-electron chi connectivity index (χ0n) is 10.5. The molecule has 0 spiro atoms. The zero-order chi connectivity index (χ0) is 13.8. The Kier molecular flexibility index (Phi) is 4.26. The molecule has 1 unspecified atom stereocenters. The molecule has 1 saturated heterocycles. The predicted octanol–water partition coefficient (Wildman–Crippen LogP) is 1.87. The van der Waals surface area contributed by atoms with Gasteiger partial charge in [-0.3, -0.25) is 14.9 Å². The Morgan fingerprint density at radius 3 is 2.89 bits per heavy atom. The molecule has 1 aromatic carbocycles. The van der Waals surface area contributed by atoms with Gasteiger partial charge in [0.05, 0.1) is 4.92 Å². The molecular weight excluding hydrogens is 266 g/mol. The van der Waals surface area contributed by atoms with E-state index in [1.54, 1.807) is 7.05 Å². The van der Waals surface area contributed by atoms with Crippen molar-refractivity contribution < 1.29 is 9.72 Å². The first kappa shape index (κ1) is 13.7. The summed E-state index contributed by atoms with van der Waals surface area (Å²) in [5, 5.41) is 16.5. The number of carbonyl (C=O) groups is 1. The van der Waals surface area contributed by atoms with Crippen molar-refractivity contribution in [3.05, 3.63) is 33.9 Å². The second-order valence-electron chi connectivity index (χ2n) is 4.27. The molecule has 0 aliphatic carbocycles. The van der Waals surface area contributed by atoms with Crippen LogP contribution in [0.5, 0.6) is 0 Å². The van der Waals surface area contributed by atoms with Crippen LogP contribution in [-0.2, 0) is 0 Å². The molecule has 2 N–H and O–H groups in total. The first-order valence-corrected chi connectivity index (χ1v) is 7.12. The number of rotatable bonds is 4. The maximum Gasteiger partial charge on any atom is 0.292 e. The number of nitro groups is 1. The van der Waals surface area contributed by atoms with Crippen LogP contribution < -0.4 is 10.6 Å². The second kappa shape index (κ2) is 5.92. The van der Waals surface area contributed by atoms with Gasteiger partial charge in [0.2, 0.25) is 0 Å². The molecule has 19 heavy (non-hydrogen) atoms. The smallest absolute Gasteiger partial charge is 0.292 e. The zero-order valence-corrected chi connectivity index (χ0v) is 11.3. The van der Waals surface area contributed by atoms with E-state index >= 15 is 0 Å². The molecule has 0 bridgehead atoms. The summed E-state index contributed by atoms with van der Waals surface area (Å²) in [4.78, 5) is 22.4. The topological polar surface area (TPSA) is 84.3 Å². The summed E-state index contributed by atoms with van der Waals surface area (Å²) in [6.07, 6.45) is 0.974. The molecule has 1 amide bonds. The van der Waals surface area contributed by atoms with Crippen molar-refractivity contribution >= 4 is 29.0 Å². The Morgan fingerprint density at radius 1 is 1.53 bits per heavy atom. The highest BCUT2D eigenvalue weighted by molar-refractivity contribution is 7.99. The molecule has 1 aromatic rings. The van der Waals surface area contributed by atoms with Crippen LogP contribution in [0.3, 0.4) is 0 Å². The molecule has 1 heterocycles. The van der Waals surface area contributed by atoms with E-state index in [0.29, 0.717) is 11.3 Å². The summed E-state index contributed by atoms with van der Waals surface area (Å²) in [7, 11) is 1.59. The second-order valence-corrected chi connectivity index (χ2v) is 5.42. The number of amides is 1. The molecule has 0 saturated carbocycles. The molecule has 7 heteroatoms. The SMILES string of the molecule is CNc1cc(C(=O)NC2CCSC2)ccc1[N+](=O)[O-]. The van der Waals surface area contributed by atoms with E-state index in [0.717, 1.165) is 17.9 Å². The summed E-state index contributed by atoms with van der Waals surface area (Å²) in [6, 6.07) is 4.54. The van der Waals surface area contributed by atoms with Gasteiger partial charge in [-0.1, -0.05) is 0 Å². The van der Waals surface area contributed by atoms with Gasteiger partial charge < -0.3 is 10.6 Å². The molecule has 1 aliphatic heterocycles. The summed E-state index contributed by atoms with van der Waals surface area (Å²) < 4.78 is 0. The number of nitrogens with one attached hydrogen (secondary N) is 2. The van der Waals surface area contributed by atoms with Gasteiger partial charge in [0.25, 0.3) is 11.6 Å². The van der Waals surface area contributed by atoms with E-state index in [2.05, 4.69) is 10.6 Å². The van der Waals surface area contributed by atoms with Crippen molar-refractivity contribution in [1.29, 1.82) is 0 Å². The Hall–Kier alpha value is -1.76. The number of benzene rings is 1. The molecular formula is C12H15N3O3S. The lowest BCUT2D eigenvalue weighted by atomic mass is 10.1. The highest BCUT2D eigenvalue weighted by Gasteiger charge is 2.20. The Morgan fingerprint density at radius 2 is 2.32 bits per heavy atom. The maximum absolute atomic E-state index is 12.0. The fraction of sp³-hybridized carbons (Fsp3) is 0.417. The minimum Gasteiger partial charge on any atom is -0.383 e. The van der Waals surface area contributed by atoms with E-state index < -0.39 is 4.92 Å². The number of thioether (sulfide) groups is 1. The van der Waals surface area contributed by atoms with Crippen molar-refractivity contribution in [2.45, 2.75) is 12.5 Å². The van der Waals surface area contributed by atoms with E-state index in [-0.39, 0.29) is 17.6 Å². The Balaban J connectivity index is 2.15. The quantitative estimate of drug-likeness (QED) is 0.650. The maximum atomic E-state index is 12.0. The minimum absolute atomic E-state index is 0.0320. The van der Waals surface area contributed by atoms with Crippen LogP contribution in [0.1, 0.15) is 16.8 Å². The monoisotopic (exact) mass is 281 g/mol. The van der Waals surface area contributed by atoms with Crippen LogP contribution in [0.15, 0.2) is 18.2 Å². The Labute approximate surface area is 115 Å². The van der Waals surface area contributed by atoms with Gasteiger partial charge in [-0.05, 0) is 24.3 Å². The summed E-state index contributed by atoms with van der Waals surface area (Å²) >= 11 is 1.82. The van der Waals surface area contributed by atoms with Crippen LogP contribution in [0, 0.1) is 10.1 Å². The molecule has 1 fully saturated rings. The average Bonchev–Trinajstić information content (AvgIpc) is 2.90. The lowest BCUT2D eigenvalue weighted by Gasteiger charge is -2.12. The third-order valence-corrected chi connectivity index (χ3v) is 4.15. The van der Waals surface area contributed by atoms with Gasteiger partial charge in [0, 0.05) is 30.5 Å². The number of hydrogen-bond donors (Lipinski definition) is 2. The third-order valence-electron chi connectivity index (χ3n) is 2.99. The van der Waals surface area contributed by atoms with Crippen LogP contribution in [0.4, 0.5) is 11.4 Å². The average molecular weight is 281 g/mol. The number of hydrogen-bond acceptors (Lipinski definition) is 5. The molecule has 1 atom stereocenters. The first-order chi connectivity index (χ1) is 9.11. The molecule has 102 valence electrons. The Bertz CT molecular complexity index is 501. The van der Waals surface area contributed by atoms with Crippen LogP contribution >= 0.6 is 11.8 Å². The predicted molar refractivity (Wildman–Crippen MR) is 75.8 cm³/mol. The minimum atomic E-state index is -0.471.